The molecule has 1 heterocycles. The molecule has 0 unspecified atom stereocenters. The number of carbonyl (C=O) groups is 1. The minimum absolute atomic E-state index is 0.0636. The van der Waals surface area contributed by atoms with Gasteiger partial charge in [-0.05, 0) is 13.8 Å². The number of carbonyl (C=O) groups excluding carboxylic acids is 1. The predicted molar refractivity (Wildman–Crippen MR) is 47.1 cm³/mol. The van der Waals surface area contributed by atoms with Crippen LogP contribution in [0, 0.1) is 6.92 Å². The first-order valence-electron chi connectivity index (χ1n) is 4.03. The molecule has 1 rings (SSSR count). The van der Waals surface area contributed by atoms with Crippen LogP contribution in [0.4, 0.5) is 0 Å². The van der Waals surface area contributed by atoms with Crippen LogP contribution in [0.25, 0.3) is 0 Å². The Labute approximate surface area is 75.9 Å². The molecule has 0 bridgehead atoms. The van der Waals surface area contributed by atoms with Crippen molar-refractivity contribution in [2.75, 3.05) is 6.54 Å². The van der Waals surface area contributed by atoms with Gasteiger partial charge in [-0.1, -0.05) is 0 Å². The monoisotopic (exact) mass is 183 g/mol. The molecule has 4 N–H and O–H groups in total. The molecule has 6 heteroatoms. The lowest BCUT2D eigenvalue weighted by Gasteiger charge is -2.08. The number of hydrogen-bond donors (Lipinski definition) is 3. The molecular weight excluding hydrogens is 170 g/mol. The summed E-state index contributed by atoms with van der Waals surface area (Å²) in [6.07, 6.45) is 0. The van der Waals surface area contributed by atoms with E-state index in [1.165, 1.54) is 0 Å². The van der Waals surface area contributed by atoms with E-state index in [0.29, 0.717) is 12.4 Å². The molecule has 6 nitrogen and oxygen atoms in total. The highest BCUT2D eigenvalue weighted by Crippen LogP contribution is 1.91. The molecule has 0 aliphatic rings. The van der Waals surface area contributed by atoms with E-state index in [9.17, 15) is 4.79 Å². The van der Waals surface area contributed by atoms with Crippen molar-refractivity contribution >= 4 is 5.91 Å². The van der Waals surface area contributed by atoms with Gasteiger partial charge >= 0.3 is 0 Å². The summed E-state index contributed by atoms with van der Waals surface area (Å²) >= 11 is 0. The van der Waals surface area contributed by atoms with Crippen LogP contribution in [0.3, 0.4) is 0 Å². The second kappa shape index (κ2) is 3.99. The fourth-order valence-electron chi connectivity index (χ4n) is 0.792. The van der Waals surface area contributed by atoms with Gasteiger partial charge in [-0.25, -0.2) is 4.98 Å². The van der Waals surface area contributed by atoms with Crippen molar-refractivity contribution < 1.29 is 4.79 Å². The molecule has 0 aromatic carbocycles. The summed E-state index contributed by atoms with van der Waals surface area (Å²) in [6.45, 7) is 3.95. The van der Waals surface area contributed by atoms with E-state index < -0.39 is 0 Å². The predicted octanol–water partition coefficient (Wildman–Crippen LogP) is -0.810. The zero-order valence-corrected chi connectivity index (χ0v) is 7.66. The zero-order valence-electron chi connectivity index (χ0n) is 7.66. The Morgan fingerprint density at radius 1 is 1.77 bits per heavy atom. The van der Waals surface area contributed by atoms with Gasteiger partial charge in [0.15, 0.2) is 0 Å². The number of aryl methyl sites for hydroxylation is 1. The van der Waals surface area contributed by atoms with Crippen LogP contribution in [-0.4, -0.2) is 33.7 Å². The first-order chi connectivity index (χ1) is 6.13. The second-order valence-electron chi connectivity index (χ2n) is 2.85. The Kier molecular flexibility index (Phi) is 2.97. The first-order valence-corrected chi connectivity index (χ1v) is 4.03. The highest BCUT2D eigenvalue weighted by atomic mass is 16.2. The number of hydrogen-bond acceptors (Lipinski definition) is 4. The van der Waals surface area contributed by atoms with E-state index in [1.807, 2.05) is 6.92 Å². The molecule has 0 spiro atoms. The second-order valence-corrected chi connectivity index (χ2v) is 2.85. The van der Waals surface area contributed by atoms with Crippen molar-refractivity contribution in [1.29, 1.82) is 0 Å². The van der Waals surface area contributed by atoms with Gasteiger partial charge < -0.3 is 11.1 Å². The standard InChI is InChI=1S/C7H13N5O/c1-4(3-8)9-7(13)6-10-5(2)11-12-6/h4H,3,8H2,1-2H3,(H,9,13)(H,10,11,12)/t4-/m1/s1. The van der Waals surface area contributed by atoms with Crippen LogP contribution in [0.2, 0.25) is 0 Å². The molecule has 1 amide bonds. The van der Waals surface area contributed by atoms with Gasteiger partial charge in [0, 0.05) is 12.6 Å². The molecule has 0 saturated carbocycles. The number of H-pyrrole nitrogens is 1. The van der Waals surface area contributed by atoms with Crippen molar-refractivity contribution in [2.45, 2.75) is 19.9 Å². The topological polar surface area (TPSA) is 96.7 Å². The number of nitrogens with two attached hydrogens (primary N) is 1. The molecular formula is C7H13N5O. The van der Waals surface area contributed by atoms with Gasteiger partial charge in [-0.15, -0.1) is 5.10 Å². The molecule has 0 radical (unpaired) electrons. The van der Waals surface area contributed by atoms with Gasteiger partial charge in [0.25, 0.3) is 5.91 Å². The Morgan fingerprint density at radius 2 is 2.46 bits per heavy atom. The average Bonchev–Trinajstić information content (AvgIpc) is 2.51. The molecule has 1 aromatic rings. The minimum Gasteiger partial charge on any atom is -0.346 e. The highest BCUT2D eigenvalue weighted by Gasteiger charge is 2.12. The third-order valence-electron chi connectivity index (χ3n) is 1.53. The quantitative estimate of drug-likeness (QED) is 0.571. The van der Waals surface area contributed by atoms with Gasteiger partial charge in [0.1, 0.15) is 5.82 Å². The van der Waals surface area contributed by atoms with Crippen LogP contribution in [-0.2, 0) is 0 Å². The van der Waals surface area contributed by atoms with E-state index in [4.69, 9.17) is 5.73 Å². The number of rotatable bonds is 3. The SMILES string of the molecule is Cc1nc(C(=O)N[C@H](C)CN)n[nH]1. The number of aromatic nitrogens is 3. The number of nitrogens with one attached hydrogen (secondary N) is 2. The van der Waals surface area contributed by atoms with Gasteiger partial charge in [0.2, 0.25) is 5.82 Å². The lowest BCUT2D eigenvalue weighted by Crippen LogP contribution is -2.38. The molecule has 13 heavy (non-hydrogen) atoms. The van der Waals surface area contributed by atoms with Crippen LogP contribution >= 0.6 is 0 Å². The zero-order chi connectivity index (χ0) is 9.84. The van der Waals surface area contributed by atoms with Crippen molar-refractivity contribution in [3.8, 4) is 0 Å². The normalized spacial score (nSPS) is 12.5. The average molecular weight is 183 g/mol. The Balaban J connectivity index is 2.58. The smallest absolute Gasteiger partial charge is 0.291 e. The van der Waals surface area contributed by atoms with Gasteiger partial charge in [-0.2, -0.15) is 0 Å². The fourth-order valence-corrected chi connectivity index (χ4v) is 0.792. The number of aromatic amines is 1. The molecule has 0 saturated heterocycles. The summed E-state index contributed by atoms with van der Waals surface area (Å²) in [5, 5.41) is 8.95. The van der Waals surface area contributed by atoms with Crippen molar-refractivity contribution in [2.24, 2.45) is 5.73 Å². The van der Waals surface area contributed by atoms with E-state index in [0.717, 1.165) is 0 Å². The maximum atomic E-state index is 11.3. The summed E-state index contributed by atoms with van der Waals surface area (Å²) < 4.78 is 0. The Hall–Kier alpha value is -1.43. The number of amides is 1. The molecule has 0 fully saturated rings. The molecule has 72 valence electrons. The van der Waals surface area contributed by atoms with Crippen molar-refractivity contribution in [1.82, 2.24) is 20.5 Å². The lowest BCUT2D eigenvalue weighted by atomic mass is 10.3. The Morgan fingerprint density at radius 3 is 2.92 bits per heavy atom. The van der Waals surface area contributed by atoms with E-state index in [1.54, 1.807) is 6.92 Å². The Bertz CT molecular complexity index is 295. The summed E-state index contributed by atoms with van der Waals surface area (Å²) in [5.74, 6) is 0.464. The molecule has 0 aliphatic heterocycles. The van der Waals surface area contributed by atoms with Gasteiger partial charge in [-0.3, -0.25) is 9.89 Å². The van der Waals surface area contributed by atoms with Crippen LogP contribution in [0.15, 0.2) is 0 Å². The molecule has 1 atom stereocenters. The van der Waals surface area contributed by atoms with Crippen molar-refractivity contribution in [3.05, 3.63) is 11.6 Å². The van der Waals surface area contributed by atoms with Gasteiger partial charge in [0.05, 0.1) is 0 Å². The highest BCUT2D eigenvalue weighted by molar-refractivity contribution is 5.90. The summed E-state index contributed by atoms with van der Waals surface area (Å²) in [7, 11) is 0. The van der Waals surface area contributed by atoms with Crippen LogP contribution in [0.5, 0.6) is 0 Å². The van der Waals surface area contributed by atoms with E-state index in [-0.39, 0.29) is 17.8 Å². The van der Waals surface area contributed by atoms with E-state index in [2.05, 4.69) is 20.5 Å². The summed E-state index contributed by atoms with van der Waals surface area (Å²) in [5.41, 5.74) is 5.34. The third kappa shape index (κ3) is 2.51. The lowest BCUT2D eigenvalue weighted by molar-refractivity contribution is 0.0931. The minimum atomic E-state index is -0.303. The maximum absolute atomic E-state index is 11.3. The summed E-state index contributed by atoms with van der Waals surface area (Å²) in [6, 6.07) is -0.0636. The number of nitrogens with zero attached hydrogens (tertiary/aromatic N) is 2. The van der Waals surface area contributed by atoms with Crippen LogP contribution < -0.4 is 11.1 Å². The van der Waals surface area contributed by atoms with Crippen LogP contribution in [0.1, 0.15) is 23.4 Å². The van der Waals surface area contributed by atoms with Crippen molar-refractivity contribution in [3.63, 3.8) is 0 Å². The largest absolute Gasteiger partial charge is 0.346 e. The fraction of sp³-hybridized carbons (Fsp3) is 0.571. The maximum Gasteiger partial charge on any atom is 0.291 e. The third-order valence-corrected chi connectivity index (χ3v) is 1.53. The molecule has 0 aliphatic carbocycles. The molecule has 1 aromatic heterocycles. The van der Waals surface area contributed by atoms with E-state index >= 15 is 0 Å². The first kappa shape index (κ1) is 9.66. The summed E-state index contributed by atoms with van der Waals surface area (Å²) in [4.78, 5) is 15.2.